The number of carbonyl (C=O) groups excluding carboxylic acids is 1. The number of halogens is 1. The van der Waals surface area contributed by atoms with Crippen molar-refractivity contribution in [3.8, 4) is 5.75 Å². The summed E-state index contributed by atoms with van der Waals surface area (Å²) in [6.45, 7) is 6.39. The van der Waals surface area contributed by atoms with Crippen molar-refractivity contribution in [3.63, 3.8) is 0 Å². The molecule has 25 heavy (non-hydrogen) atoms. The number of carbonyl (C=O) groups is 1. The van der Waals surface area contributed by atoms with Gasteiger partial charge in [-0.1, -0.05) is 13.8 Å². The number of nitrogens with zero attached hydrogens (tertiary/aromatic N) is 1. The van der Waals surface area contributed by atoms with Crippen molar-refractivity contribution in [2.24, 2.45) is 5.73 Å². The Morgan fingerprint density at radius 1 is 1.28 bits per heavy atom. The highest BCUT2D eigenvalue weighted by atomic mass is 35.5. The summed E-state index contributed by atoms with van der Waals surface area (Å²) >= 11 is 0. The van der Waals surface area contributed by atoms with Gasteiger partial charge in [0.15, 0.2) is 0 Å². The van der Waals surface area contributed by atoms with Gasteiger partial charge < -0.3 is 15.8 Å². The molecule has 0 radical (unpaired) electrons. The fourth-order valence-electron chi connectivity index (χ4n) is 2.38. The first-order chi connectivity index (χ1) is 11.3. The first-order valence-corrected chi connectivity index (χ1v) is 9.59. The SMILES string of the molecule is CCOc1ccc(NC(=O)C2(N)CC2)cc1S(=O)(=O)N(CC)CC.Cl. The normalized spacial score (nSPS) is 15.4. The molecule has 142 valence electrons. The molecule has 3 N–H and O–H groups in total. The Bertz CT molecular complexity index is 716. The molecule has 9 heteroatoms. The molecule has 1 saturated carbocycles. The Balaban J connectivity index is 0.00000312. The Morgan fingerprint density at radius 3 is 2.36 bits per heavy atom. The van der Waals surface area contributed by atoms with Crippen LogP contribution in [0.5, 0.6) is 5.75 Å². The number of nitrogens with two attached hydrogens (primary N) is 1. The largest absolute Gasteiger partial charge is 0.492 e. The second kappa shape index (κ2) is 8.35. The number of benzene rings is 1. The van der Waals surface area contributed by atoms with E-state index in [1.165, 1.54) is 10.4 Å². The van der Waals surface area contributed by atoms with Crippen LogP contribution < -0.4 is 15.8 Å². The summed E-state index contributed by atoms with van der Waals surface area (Å²) in [5, 5.41) is 2.70. The molecule has 0 spiro atoms. The van der Waals surface area contributed by atoms with Crippen molar-refractivity contribution in [2.75, 3.05) is 25.0 Å². The van der Waals surface area contributed by atoms with E-state index >= 15 is 0 Å². The van der Waals surface area contributed by atoms with Gasteiger partial charge in [-0.05, 0) is 38.0 Å². The number of hydrogen-bond acceptors (Lipinski definition) is 5. The van der Waals surface area contributed by atoms with E-state index in [1.807, 2.05) is 0 Å². The number of anilines is 1. The molecule has 1 fully saturated rings. The van der Waals surface area contributed by atoms with Crippen LogP contribution in [0.15, 0.2) is 23.1 Å². The molecule has 0 bridgehead atoms. The van der Waals surface area contributed by atoms with Gasteiger partial charge in [-0.3, -0.25) is 4.79 Å². The van der Waals surface area contributed by atoms with E-state index in [0.29, 0.717) is 38.2 Å². The van der Waals surface area contributed by atoms with Crippen molar-refractivity contribution in [3.05, 3.63) is 18.2 Å². The quantitative estimate of drug-likeness (QED) is 0.705. The van der Waals surface area contributed by atoms with Gasteiger partial charge >= 0.3 is 0 Å². The second-order valence-electron chi connectivity index (χ2n) is 5.79. The zero-order valence-electron chi connectivity index (χ0n) is 14.7. The molecule has 0 aliphatic heterocycles. The first-order valence-electron chi connectivity index (χ1n) is 8.15. The van der Waals surface area contributed by atoms with E-state index in [4.69, 9.17) is 10.5 Å². The standard InChI is InChI=1S/C16H25N3O4S.ClH/c1-4-19(5-2)24(21,22)14-11-12(7-8-13(14)23-6-3)18-15(20)16(17)9-10-16;/h7-8,11H,4-6,9-10,17H2,1-3H3,(H,18,20);1H. The van der Waals surface area contributed by atoms with E-state index in [9.17, 15) is 13.2 Å². The molecule has 7 nitrogen and oxygen atoms in total. The highest BCUT2D eigenvalue weighted by Gasteiger charge is 2.46. The van der Waals surface area contributed by atoms with Crippen molar-refractivity contribution in [1.82, 2.24) is 4.31 Å². The van der Waals surface area contributed by atoms with Gasteiger partial charge in [0.25, 0.3) is 0 Å². The Labute approximate surface area is 155 Å². The van der Waals surface area contributed by atoms with Gasteiger partial charge in [0, 0.05) is 18.8 Å². The van der Waals surface area contributed by atoms with Crippen LogP contribution in [0.4, 0.5) is 5.69 Å². The van der Waals surface area contributed by atoms with Gasteiger partial charge in [0.05, 0.1) is 12.1 Å². The minimum absolute atomic E-state index is 0. The molecule has 0 aromatic heterocycles. The maximum atomic E-state index is 12.8. The third-order valence-electron chi connectivity index (χ3n) is 4.07. The van der Waals surface area contributed by atoms with E-state index in [0.717, 1.165) is 0 Å². The molecule has 1 aliphatic rings. The number of nitrogens with one attached hydrogen (secondary N) is 1. The van der Waals surface area contributed by atoms with Gasteiger partial charge in [-0.2, -0.15) is 4.31 Å². The van der Waals surface area contributed by atoms with Crippen LogP contribution in [0.25, 0.3) is 0 Å². The van der Waals surface area contributed by atoms with E-state index < -0.39 is 15.6 Å². The summed E-state index contributed by atoms with van der Waals surface area (Å²) in [5.41, 5.74) is 5.44. The summed E-state index contributed by atoms with van der Waals surface area (Å²) in [5.74, 6) is -0.0193. The molecule has 0 heterocycles. The molecular formula is C16H26ClN3O4S. The van der Waals surface area contributed by atoms with Crippen LogP contribution in [-0.4, -0.2) is 43.9 Å². The third kappa shape index (κ3) is 4.63. The fourth-order valence-corrected chi connectivity index (χ4v) is 4.00. The Morgan fingerprint density at radius 2 is 1.88 bits per heavy atom. The molecule has 2 rings (SSSR count). The van der Waals surface area contributed by atoms with Crippen molar-refractivity contribution in [2.45, 2.75) is 44.0 Å². The van der Waals surface area contributed by atoms with Gasteiger partial charge in [-0.15, -0.1) is 12.4 Å². The minimum atomic E-state index is -3.71. The molecule has 1 aromatic rings. The summed E-state index contributed by atoms with van der Waals surface area (Å²) in [4.78, 5) is 12.1. The number of amides is 1. The van der Waals surface area contributed by atoms with Gasteiger partial charge in [0.2, 0.25) is 15.9 Å². The number of sulfonamides is 1. The highest BCUT2D eigenvalue weighted by Crippen LogP contribution is 2.35. The van der Waals surface area contributed by atoms with Gasteiger partial charge in [0.1, 0.15) is 10.6 Å². The third-order valence-corrected chi connectivity index (χ3v) is 6.14. The maximum Gasteiger partial charge on any atom is 0.246 e. The van der Waals surface area contributed by atoms with Crippen molar-refractivity contribution >= 4 is 34.0 Å². The first kappa shape index (κ1) is 21.7. The lowest BCUT2D eigenvalue weighted by molar-refractivity contribution is -0.118. The fraction of sp³-hybridized carbons (Fsp3) is 0.562. The van der Waals surface area contributed by atoms with E-state index in [2.05, 4.69) is 5.32 Å². The lowest BCUT2D eigenvalue weighted by Gasteiger charge is -2.21. The molecule has 0 atom stereocenters. The summed E-state index contributed by atoms with van der Waals surface area (Å²) in [6.07, 6.45) is 1.28. The van der Waals surface area contributed by atoms with E-state index in [-0.39, 0.29) is 29.0 Å². The predicted octanol–water partition coefficient (Wildman–Crippen LogP) is 1.97. The molecule has 0 saturated heterocycles. The molecule has 1 aromatic carbocycles. The Kier molecular flexibility index (Phi) is 7.25. The molecule has 0 unspecified atom stereocenters. The topological polar surface area (TPSA) is 102 Å². The van der Waals surface area contributed by atoms with Crippen molar-refractivity contribution < 1.29 is 17.9 Å². The zero-order chi connectivity index (χ0) is 18.0. The highest BCUT2D eigenvalue weighted by molar-refractivity contribution is 7.89. The second-order valence-corrected chi connectivity index (χ2v) is 7.70. The smallest absolute Gasteiger partial charge is 0.246 e. The van der Waals surface area contributed by atoms with Gasteiger partial charge in [-0.25, -0.2) is 8.42 Å². The summed E-state index contributed by atoms with van der Waals surface area (Å²) < 4.78 is 32.5. The van der Waals surface area contributed by atoms with Crippen LogP contribution in [0.2, 0.25) is 0 Å². The van der Waals surface area contributed by atoms with E-state index in [1.54, 1.807) is 32.9 Å². The van der Waals surface area contributed by atoms with Crippen LogP contribution in [0, 0.1) is 0 Å². The molecule has 1 amide bonds. The lowest BCUT2D eigenvalue weighted by Crippen LogP contribution is -2.38. The van der Waals surface area contributed by atoms with Crippen LogP contribution >= 0.6 is 12.4 Å². The summed E-state index contributed by atoms with van der Waals surface area (Å²) in [7, 11) is -3.71. The molecular weight excluding hydrogens is 366 g/mol. The van der Waals surface area contributed by atoms with Crippen molar-refractivity contribution in [1.29, 1.82) is 0 Å². The number of ether oxygens (including phenoxy) is 1. The number of hydrogen-bond donors (Lipinski definition) is 2. The Hall–Kier alpha value is -1.35. The lowest BCUT2D eigenvalue weighted by atomic mass is 10.2. The maximum absolute atomic E-state index is 12.8. The van der Waals surface area contributed by atoms with Crippen LogP contribution in [0.1, 0.15) is 33.6 Å². The zero-order valence-corrected chi connectivity index (χ0v) is 16.4. The predicted molar refractivity (Wildman–Crippen MR) is 99.7 cm³/mol. The number of rotatable bonds is 8. The van der Waals surface area contributed by atoms with Crippen LogP contribution in [-0.2, 0) is 14.8 Å². The van der Waals surface area contributed by atoms with Crippen LogP contribution in [0.3, 0.4) is 0 Å². The summed E-state index contributed by atoms with van der Waals surface area (Å²) in [6, 6.07) is 4.61. The monoisotopic (exact) mass is 391 g/mol. The average Bonchev–Trinajstić information content (AvgIpc) is 3.29. The molecule has 1 aliphatic carbocycles. The average molecular weight is 392 g/mol. The minimum Gasteiger partial charge on any atom is -0.492 e.